The lowest BCUT2D eigenvalue weighted by Gasteiger charge is -2.29. The van der Waals surface area contributed by atoms with Crippen LogP contribution in [0.4, 0.5) is 10.6 Å². The largest absolute Gasteiger partial charge is 0.497 e. The standard InChI is InChI=1S/C22H29BrN4O3/c1-22(2,3)30-21(28)27-11-5-6-16(27)13-24-20-18(26-19(23)14-25-20)12-15-7-9-17(29-4)10-8-15/h7-10,14,16H,5-6,11-13H2,1-4H3,(H,24,25)/t16-/m0/s1. The van der Waals surface area contributed by atoms with Gasteiger partial charge in [-0.05, 0) is 67.2 Å². The van der Waals surface area contributed by atoms with Gasteiger partial charge in [-0.3, -0.25) is 0 Å². The number of nitrogens with one attached hydrogen (secondary N) is 1. The molecule has 2 heterocycles. The van der Waals surface area contributed by atoms with Crippen molar-refractivity contribution in [2.45, 2.75) is 51.7 Å². The molecule has 30 heavy (non-hydrogen) atoms. The van der Waals surface area contributed by atoms with Gasteiger partial charge in [0.1, 0.15) is 21.8 Å². The van der Waals surface area contributed by atoms with Gasteiger partial charge in [-0.1, -0.05) is 12.1 Å². The van der Waals surface area contributed by atoms with E-state index in [-0.39, 0.29) is 12.1 Å². The van der Waals surface area contributed by atoms with Crippen molar-refractivity contribution in [1.82, 2.24) is 14.9 Å². The fourth-order valence-corrected chi connectivity index (χ4v) is 3.75. The molecular formula is C22H29BrN4O3. The minimum Gasteiger partial charge on any atom is -0.497 e. The maximum atomic E-state index is 12.5. The first-order chi connectivity index (χ1) is 14.2. The van der Waals surface area contributed by atoms with Crippen molar-refractivity contribution in [2.24, 2.45) is 0 Å². The summed E-state index contributed by atoms with van der Waals surface area (Å²) in [5.41, 5.74) is 1.46. The molecule has 0 spiro atoms. The zero-order valence-electron chi connectivity index (χ0n) is 17.9. The second-order valence-corrected chi connectivity index (χ2v) is 9.18. The summed E-state index contributed by atoms with van der Waals surface area (Å²) in [6.45, 7) is 6.97. The fraction of sp³-hybridized carbons (Fsp3) is 0.500. The van der Waals surface area contributed by atoms with Crippen LogP contribution in [0, 0.1) is 0 Å². The van der Waals surface area contributed by atoms with Gasteiger partial charge in [0.15, 0.2) is 0 Å². The maximum Gasteiger partial charge on any atom is 0.410 e. The highest BCUT2D eigenvalue weighted by Gasteiger charge is 2.32. The average molecular weight is 477 g/mol. The van der Waals surface area contributed by atoms with Crippen LogP contribution in [0.3, 0.4) is 0 Å². The number of anilines is 1. The third-order valence-electron chi connectivity index (χ3n) is 4.86. The first kappa shape index (κ1) is 22.3. The molecule has 0 aliphatic carbocycles. The van der Waals surface area contributed by atoms with Gasteiger partial charge in [-0.25, -0.2) is 14.8 Å². The highest BCUT2D eigenvalue weighted by molar-refractivity contribution is 9.10. The number of benzene rings is 1. The number of rotatable bonds is 6. The van der Waals surface area contributed by atoms with Crippen LogP contribution in [0.5, 0.6) is 5.75 Å². The Labute approximate surface area is 186 Å². The molecule has 0 bridgehead atoms. The lowest BCUT2D eigenvalue weighted by Crippen LogP contribution is -2.42. The van der Waals surface area contributed by atoms with Gasteiger partial charge in [-0.15, -0.1) is 0 Å². The third-order valence-corrected chi connectivity index (χ3v) is 5.24. The molecule has 0 radical (unpaired) electrons. The number of carbonyl (C=O) groups is 1. The van der Waals surface area contributed by atoms with Crippen LogP contribution in [-0.2, 0) is 11.2 Å². The van der Waals surface area contributed by atoms with Crippen LogP contribution in [0.1, 0.15) is 44.9 Å². The number of hydrogen-bond acceptors (Lipinski definition) is 6. The summed E-state index contributed by atoms with van der Waals surface area (Å²) in [5, 5.41) is 3.40. The van der Waals surface area contributed by atoms with Crippen molar-refractivity contribution in [3.8, 4) is 5.75 Å². The molecule has 1 saturated heterocycles. The van der Waals surface area contributed by atoms with Gasteiger partial charge >= 0.3 is 6.09 Å². The van der Waals surface area contributed by atoms with Crippen molar-refractivity contribution in [3.63, 3.8) is 0 Å². The smallest absolute Gasteiger partial charge is 0.410 e. The van der Waals surface area contributed by atoms with Gasteiger partial charge in [0, 0.05) is 19.5 Å². The number of methoxy groups -OCH3 is 1. The maximum absolute atomic E-state index is 12.5. The Kier molecular flexibility index (Phi) is 7.18. The van der Waals surface area contributed by atoms with E-state index in [1.807, 2.05) is 49.9 Å². The van der Waals surface area contributed by atoms with Crippen molar-refractivity contribution in [2.75, 3.05) is 25.5 Å². The molecule has 8 heteroatoms. The highest BCUT2D eigenvalue weighted by Crippen LogP contribution is 2.23. The Morgan fingerprint density at radius 1 is 1.30 bits per heavy atom. The Balaban J connectivity index is 1.68. The van der Waals surface area contributed by atoms with E-state index in [1.165, 1.54) is 0 Å². The topological polar surface area (TPSA) is 76.6 Å². The number of carbonyl (C=O) groups excluding carboxylic acids is 1. The quantitative estimate of drug-likeness (QED) is 0.653. The predicted molar refractivity (Wildman–Crippen MR) is 120 cm³/mol. The zero-order chi connectivity index (χ0) is 21.7. The summed E-state index contributed by atoms with van der Waals surface area (Å²) in [7, 11) is 1.65. The molecule has 162 valence electrons. The van der Waals surface area contributed by atoms with Gasteiger partial charge in [0.25, 0.3) is 0 Å². The fourth-order valence-electron chi connectivity index (χ4n) is 3.43. The SMILES string of the molecule is COc1ccc(Cc2nc(Br)cnc2NC[C@@H]2CCCN2C(=O)OC(C)(C)C)cc1. The first-order valence-corrected chi connectivity index (χ1v) is 10.9. The number of ether oxygens (including phenoxy) is 2. The molecule has 1 fully saturated rings. The van der Waals surface area contributed by atoms with Crippen LogP contribution < -0.4 is 10.1 Å². The van der Waals surface area contributed by atoms with Gasteiger partial charge in [0.05, 0.1) is 25.0 Å². The molecule has 0 saturated carbocycles. The Bertz CT molecular complexity index is 868. The molecule has 2 aromatic rings. The van der Waals surface area contributed by atoms with E-state index in [9.17, 15) is 4.79 Å². The molecule has 1 aliphatic heterocycles. The first-order valence-electron chi connectivity index (χ1n) is 10.1. The monoisotopic (exact) mass is 476 g/mol. The highest BCUT2D eigenvalue weighted by atomic mass is 79.9. The van der Waals surface area contributed by atoms with E-state index in [4.69, 9.17) is 9.47 Å². The number of nitrogens with zero attached hydrogens (tertiary/aromatic N) is 3. The average Bonchev–Trinajstić information content (AvgIpc) is 3.15. The summed E-state index contributed by atoms with van der Waals surface area (Å²) in [4.78, 5) is 23.5. The Hall–Kier alpha value is -2.35. The molecule has 1 N–H and O–H groups in total. The Morgan fingerprint density at radius 2 is 2.03 bits per heavy atom. The molecule has 3 rings (SSSR count). The number of amides is 1. The Morgan fingerprint density at radius 3 is 2.70 bits per heavy atom. The predicted octanol–water partition coefficient (Wildman–Crippen LogP) is 4.65. The van der Waals surface area contributed by atoms with Gasteiger partial charge < -0.3 is 19.7 Å². The van der Waals surface area contributed by atoms with Crippen LogP contribution >= 0.6 is 15.9 Å². The summed E-state index contributed by atoms with van der Waals surface area (Å²) in [6.07, 6.45) is 3.96. The molecule has 1 amide bonds. The van der Waals surface area contributed by atoms with Crippen molar-refractivity contribution in [1.29, 1.82) is 0 Å². The number of halogens is 1. The van der Waals surface area contributed by atoms with E-state index < -0.39 is 5.60 Å². The number of likely N-dealkylation sites (tertiary alicyclic amines) is 1. The van der Waals surface area contributed by atoms with E-state index in [1.54, 1.807) is 13.3 Å². The van der Waals surface area contributed by atoms with Crippen molar-refractivity contribution >= 4 is 27.8 Å². The van der Waals surface area contributed by atoms with Crippen LogP contribution in [-0.4, -0.2) is 52.8 Å². The number of aromatic nitrogens is 2. The summed E-state index contributed by atoms with van der Waals surface area (Å²) < 4.78 is 11.5. The molecule has 1 atom stereocenters. The molecule has 0 unspecified atom stereocenters. The van der Waals surface area contributed by atoms with E-state index in [2.05, 4.69) is 31.2 Å². The summed E-state index contributed by atoms with van der Waals surface area (Å²) in [6, 6.07) is 7.98. The van der Waals surface area contributed by atoms with Gasteiger partial charge in [-0.2, -0.15) is 0 Å². The molecular weight excluding hydrogens is 448 g/mol. The normalized spacial score (nSPS) is 16.4. The number of hydrogen-bond donors (Lipinski definition) is 1. The third kappa shape index (κ3) is 6.08. The van der Waals surface area contributed by atoms with E-state index in [0.717, 1.165) is 35.7 Å². The lowest BCUT2D eigenvalue weighted by atomic mass is 10.1. The molecule has 1 aromatic heterocycles. The molecule has 7 nitrogen and oxygen atoms in total. The lowest BCUT2D eigenvalue weighted by molar-refractivity contribution is 0.0235. The summed E-state index contributed by atoms with van der Waals surface area (Å²) >= 11 is 3.42. The molecule has 1 aliphatic rings. The van der Waals surface area contributed by atoms with Gasteiger partial charge in [0.2, 0.25) is 0 Å². The van der Waals surface area contributed by atoms with Crippen LogP contribution in [0.2, 0.25) is 0 Å². The minimum absolute atomic E-state index is 0.0686. The molecule has 1 aromatic carbocycles. The second kappa shape index (κ2) is 9.64. The second-order valence-electron chi connectivity index (χ2n) is 8.36. The van der Waals surface area contributed by atoms with E-state index >= 15 is 0 Å². The van der Waals surface area contributed by atoms with Crippen molar-refractivity contribution < 1.29 is 14.3 Å². The van der Waals surface area contributed by atoms with Crippen LogP contribution in [0.15, 0.2) is 35.1 Å². The minimum atomic E-state index is -0.500. The van der Waals surface area contributed by atoms with Crippen LogP contribution in [0.25, 0.3) is 0 Å². The van der Waals surface area contributed by atoms with E-state index in [0.29, 0.717) is 24.1 Å². The summed E-state index contributed by atoms with van der Waals surface area (Å²) in [5.74, 6) is 1.55. The van der Waals surface area contributed by atoms with Crippen molar-refractivity contribution in [3.05, 3.63) is 46.3 Å². The zero-order valence-corrected chi connectivity index (χ0v) is 19.5.